The van der Waals surface area contributed by atoms with Gasteiger partial charge in [-0.15, -0.1) is 0 Å². The number of anilines is 1. The average Bonchev–Trinajstić information content (AvgIpc) is 2.97. The number of nitrogens with two attached hydrogens (primary N) is 1. The Morgan fingerprint density at radius 3 is 2.50 bits per heavy atom. The highest BCUT2D eigenvalue weighted by Gasteiger charge is 2.46. The fraction of sp³-hybridized carbons (Fsp3) is 0.474. The molecule has 0 atom stereocenters. The molecular weight excluding hydrogens is 332 g/mol. The van der Waals surface area contributed by atoms with Crippen molar-refractivity contribution in [3.63, 3.8) is 0 Å². The zero-order chi connectivity index (χ0) is 19.3. The Kier molecular flexibility index (Phi) is 4.13. The van der Waals surface area contributed by atoms with Gasteiger partial charge in [-0.2, -0.15) is 0 Å². The Morgan fingerprint density at radius 1 is 1.27 bits per heavy atom. The Hall–Kier alpha value is -2.70. The number of likely N-dealkylation sites (N-methyl/N-ethyl adjacent to an activating group) is 1. The first kappa shape index (κ1) is 18.1. The van der Waals surface area contributed by atoms with Crippen LogP contribution in [0.25, 0.3) is 10.9 Å². The number of aromatic nitrogens is 1. The van der Waals surface area contributed by atoms with Crippen LogP contribution in [-0.2, 0) is 4.74 Å². The van der Waals surface area contributed by atoms with Gasteiger partial charge in [0.1, 0.15) is 5.60 Å². The molecule has 1 aromatic heterocycles. The highest BCUT2D eigenvalue weighted by Crippen LogP contribution is 2.36. The van der Waals surface area contributed by atoms with E-state index in [1.54, 1.807) is 17.2 Å². The van der Waals surface area contributed by atoms with E-state index in [4.69, 9.17) is 10.5 Å². The van der Waals surface area contributed by atoms with E-state index in [1.165, 1.54) is 0 Å². The molecule has 1 aromatic carbocycles. The summed E-state index contributed by atoms with van der Waals surface area (Å²) >= 11 is 0. The third-order valence-corrected chi connectivity index (χ3v) is 4.85. The zero-order valence-electron chi connectivity index (χ0n) is 15.9. The maximum atomic E-state index is 12.2. The number of amides is 2. The van der Waals surface area contributed by atoms with Crippen LogP contribution in [0.3, 0.4) is 0 Å². The molecule has 3 N–H and O–H groups in total. The van der Waals surface area contributed by atoms with Gasteiger partial charge in [0, 0.05) is 37.4 Å². The van der Waals surface area contributed by atoms with Gasteiger partial charge >= 0.3 is 6.09 Å². The van der Waals surface area contributed by atoms with Gasteiger partial charge in [-0.05, 0) is 45.9 Å². The molecule has 0 aliphatic carbocycles. The van der Waals surface area contributed by atoms with Crippen molar-refractivity contribution in [1.29, 1.82) is 0 Å². The number of carbonyl (C=O) groups excluding carboxylic acids is 2. The number of hydrogen-bond acceptors (Lipinski definition) is 4. The van der Waals surface area contributed by atoms with Crippen LogP contribution >= 0.6 is 0 Å². The lowest BCUT2D eigenvalue weighted by atomic mass is 9.89. The van der Waals surface area contributed by atoms with Crippen molar-refractivity contribution in [2.24, 2.45) is 5.73 Å². The lowest BCUT2D eigenvalue weighted by molar-refractivity contribution is -0.00534. The first-order valence-corrected chi connectivity index (χ1v) is 8.63. The van der Waals surface area contributed by atoms with E-state index in [9.17, 15) is 9.59 Å². The quantitative estimate of drug-likeness (QED) is 0.882. The molecule has 1 aliphatic rings. The summed E-state index contributed by atoms with van der Waals surface area (Å²) in [4.78, 5) is 30.8. The molecule has 0 radical (unpaired) electrons. The Bertz CT molecular complexity index is 859. The standard InChI is InChI=1S/C19H26N4O3/c1-18(2,3)26-17(25)23-10-19(4,11-23)22(5)14-7-6-13(16(20)24)15-12(14)8-9-21-15/h6-9,21H,10-11H2,1-5H3,(H2,20,24). The number of ether oxygens (including phenoxy) is 1. The van der Waals surface area contributed by atoms with Crippen LogP contribution in [-0.4, -0.2) is 53.2 Å². The van der Waals surface area contributed by atoms with Gasteiger partial charge in [-0.25, -0.2) is 4.79 Å². The Balaban J connectivity index is 1.81. The van der Waals surface area contributed by atoms with Gasteiger partial charge in [0.15, 0.2) is 0 Å². The number of fused-ring (bicyclic) bond motifs is 1. The molecule has 26 heavy (non-hydrogen) atoms. The van der Waals surface area contributed by atoms with Crippen molar-refractivity contribution in [2.75, 3.05) is 25.0 Å². The number of benzene rings is 1. The van der Waals surface area contributed by atoms with Crippen molar-refractivity contribution in [3.05, 3.63) is 30.0 Å². The van der Waals surface area contributed by atoms with Gasteiger partial charge in [-0.1, -0.05) is 0 Å². The third kappa shape index (κ3) is 3.09. The number of carbonyl (C=O) groups is 2. The van der Waals surface area contributed by atoms with Crippen molar-refractivity contribution in [2.45, 2.75) is 38.8 Å². The van der Waals surface area contributed by atoms with Crippen molar-refractivity contribution < 1.29 is 14.3 Å². The molecule has 7 heteroatoms. The van der Waals surface area contributed by atoms with E-state index >= 15 is 0 Å². The largest absolute Gasteiger partial charge is 0.444 e. The highest BCUT2D eigenvalue weighted by atomic mass is 16.6. The minimum atomic E-state index is -0.503. The van der Waals surface area contributed by atoms with E-state index in [0.29, 0.717) is 18.7 Å². The lowest BCUT2D eigenvalue weighted by Gasteiger charge is -2.53. The number of likely N-dealkylation sites (tertiary alicyclic amines) is 1. The van der Waals surface area contributed by atoms with Crippen LogP contribution in [0.5, 0.6) is 0 Å². The number of aromatic amines is 1. The number of nitrogens with one attached hydrogen (secondary N) is 1. The smallest absolute Gasteiger partial charge is 0.410 e. The molecule has 2 heterocycles. The number of primary amides is 1. The first-order valence-electron chi connectivity index (χ1n) is 8.63. The SMILES string of the molecule is CN(c1ccc(C(N)=O)c2[nH]ccc12)C1(C)CN(C(=O)OC(C)(C)C)C1. The van der Waals surface area contributed by atoms with Crippen LogP contribution in [0.4, 0.5) is 10.5 Å². The van der Waals surface area contributed by atoms with E-state index < -0.39 is 11.5 Å². The molecule has 2 aromatic rings. The summed E-state index contributed by atoms with van der Waals surface area (Å²) < 4.78 is 5.43. The summed E-state index contributed by atoms with van der Waals surface area (Å²) in [5, 5.41) is 0.931. The normalized spacial score (nSPS) is 16.3. The predicted octanol–water partition coefficient (Wildman–Crippen LogP) is 2.71. The van der Waals surface area contributed by atoms with Crippen LogP contribution < -0.4 is 10.6 Å². The topological polar surface area (TPSA) is 91.7 Å². The minimum Gasteiger partial charge on any atom is -0.444 e. The molecule has 7 nitrogen and oxygen atoms in total. The van der Waals surface area contributed by atoms with Gasteiger partial charge in [0.25, 0.3) is 5.91 Å². The molecule has 0 unspecified atom stereocenters. The minimum absolute atomic E-state index is 0.213. The van der Waals surface area contributed by atoms with Gasteiger partial charge in [-0.3, -0.25) is 4.79 Å². The van der Waals surface area contributed by atoms with E-state index in [2.05, 4.69) is 16.8 Å². The number of H-pyrrole nitrogens is 1. The van der Waals surface area contributed by atoms with Crippen LogP contribution in [0.1, 0.15) is 38.1 Å². The summed E-state index contributed by atoms with van der Waals surface area (Å²) in [7, 11) is 2.00. The molecule has 1 fully saturated rings. The molecule has 140 valence electrons. The lowest BCUT2D eigenvalue weighted by Crippen LogP contribution is -2.69. The summed E-state index contributed by atoms with van der Waals surface area (Å²) in [6, 6.07) is 5.57. The van der Waals surface area contributed by atoms with E-state index in [1.807, 2.05) is 40.0 Å². The van der Waals surface area contributed by atoms with Crippen molar-refractivity contribution >= 4 is 28.6 Å². The fourth-order valence-corrected chi connectivity index (χ4v) is 3.37. The predicted molar refractivity (Wildman–Crippen MR) is 101 cm³/mol. The summed E-state index contributed by atoms with van der Waals surface area (Å²) in [6.07, 6.45) is 1.50. The fourth-order valence-electron chi connectivity index (χ4n) is 3.37. The maximum Gasteiger partial charge on any atom is 0.410 e. The van der Waals surface area contributed by atoms with Crippen molar-refractivity contribution in [3.8, 4) is 0 Å². The molecule has 0 saturated carbocycles. The second-order valence-electron chi connectivity index (χ2n) is 8.16. The van der Waals surface area contributed by atoms with Gasteiger partial charge < -0.3 is 25.3 Å². The number of nitrogens with zero attached hydrogens (tertiary/aromatic N) is 2. The van der Waals surface area contributed by atoms with E-state index in [0.717, 1.165) is 16.6 Å². The maximum absolute atomic E-state index is 12.2. The summed E-state index contributed by atoms with van der Waals surface area (Å²) in [5.41, 5.74) is 6.93. The zero-order valence-corrected chi connectivity index (χ0v) is 15.9. The number of hydrogen-bond donors (Lipinski definition) is 2. The highest BCUT2D eigenvalue weighted by molar-refractivity contribution is 6.08. The van der Waals surface area contributed by atoms with Gasteiger partial charge in [0.05, 0.1) is 16.6 Å². The first-order chi connectivity index (χ1) is 12.0. The Morgan fingerprint density at radius 2 is 1.92 bits per heavy atom. The number of rotatable bonds is 3. The second kappa shape index (κ2) is 5.93. The van der Waals surface area contributed by atoms with Crippen molar-refractivity contribution in [1.82, 2.24) is 9.88 Å². The molecule has 3 rings (SSSR count). The molecule has 0 spiro atoms. The monoisotopic (exact) mass is 358 g/mol. The average molecular weight is 358 g/mol. The Labute approximate surface area is 153 Å². The summed E-state index contributed by atoms with van der Waals surface area (Å²) in [6.45, 7) is 8.83. The second-order valence-corrected chi connectivity index (χ2v) is 8.16. The molecular formula is C19H26N4O3. The van der Waals surface area contributed by atoms with E-state index in [-0.39, 0.29) is 11.6 Å². The summed E-state index contributed by atoms with van der Waals surface area (Å²) in [5.74, 6) is -0.461. The van der Waals surface area contributed by atoms with Crippen LogP contribution in [0.15, 0.2) is 24.4 Å². The molecule has 2 amide bonds. The molecule has 1 aliphatic heterocycles. The van der Waals surface area contributed by atoms with Crippen LogP contribution in [0, 0.1) is 0 Å². The third-order valence-electron chi connectivity index (χ3n) is 4.85. The molecule has 0 bridgehead atoms. The van der Waals surface area contributed by atoms with Gasteiger partial charge in [0.2, 0.25) is 0 Å². The molecule has 1 saturated heterocycles. The van der Waals surface area contributed by atoms with Crippen LogP contribution in [0.2, 0.25) is 0 Å².